The number of allylic oxidation sites excluding steroid dienone is 2. The van der Waals surface area contributed by atoms with Gasteiger partial charge in [-0.3, -0.25) is 19.2 Å². The number of esters is 4. The van der Waals surface area contributed by atoms with Crippen LogP contribution in [-0.2, 0) is 38.1 Å². The zero-order chi connectivity index (χ0) is 33.0. The fourth-order valence-electron chi connectivity index (χ4n) is 12.9. The van der Waals surface area contributed by atoms with E-state index in [9.17, 15) is 19.2 Å². The van der Waals surface area contributed by atoms with Crippen molar-refractivity contribution >= 4 is 23.9 Å². The number of rotatable bonds is 5. The summed E-state index contributed by atoms with van der Waals surface area (Å²) >= 11 is 0. The number of methoxy groups -OCH3 is 1. The van der Waals surface area contributed by atoms with Crippen molar-refractivity contribution in [2.75, 3.05) is 13.7 Å². The van der Waals surface area contributed by atoms with Crippen LogP contribution in [0.1, 0.15) is 113 Å². The highest BCUT2D eigenvalue weighted by Gasteiger charge is 2.84. The summed E-state index contributed by atoms with van der Waals surface area (Å²) in [6.45, 7) is 15.8. The lowest BCUT2D eigenvalue weighted by molar-refractivity contribution is -0.249. The van der Waals surface area contributed by atoms with Crippen LogP contribution in [0.3, 0.4) is 0 Å². The molecule has 0 saturated heterocycles. The van der Waals surface area contributed by atoms with Crippen molar-refractivity contribution in [2.24, 2.45) is 55.7 Å². The number of hydrogen-bond acceptors (Lipinski definition) is 8. The van der Waals surface area contributed by atoms with Crippen LogP contribution in [0.25, 0.3) is 0 Å². The Morgan fingerprint density at radius 1 is 0.800 bits per heavy atom. The van der Waals surface area contributed by atoms with Crippen molar-refractivity contribution in [3.8, 4) is 0 Å². The van der Waals surface area contributed by atoms with Gasteiger partial charge < -0.3 is 18.9 Å². The van der Waals surface area contributed by atoms with Crippen LogP contribution >= 0.6 is 0 Å². The van der Waals surface area contributed by atoms with Crippen LogP contribution in [0.2, 0.25) is 0 Å². The van der Waals surface area contributed by atoms with Gasteiger partial charge in [-0.1, -0.05) is 46.8 Å². The number of carbonyl (C=O) groups is 4. The van der Waals surface area contributed by atoms with Gasteiger partial charge in [0.1, 0.15) is 18.8 Å². The quantitative estimate of drug-likeness (QED) is 0.191. The normalized spacial score (nSPS) is 48.6. The molecule has 0 spiro atoms. The maximum Gasteiger partial charge on any atom is 0.312 e. The average molecular weight is 627 g/mol. The second-order valence-electron chi connectivity index (χ2n) is 17.4. The lowest BCUT2D eigenvalue weighted by Crippen LogP contribution is -2.68. The molecule has 0 N–H and O–H groups in total. The molecule has 6 aliphatic carbocycles. The van der Waals surface area contributed by atoms with Crippen molar-refractivity contribution in [1.82, 2.24) is 0 Å². The predicted molar refractivity (Wildman–Crippen MR) is 166 cm³/mol. The number of fused-ring (bicyclic) bond motifs is 4. The van der Waals surface area contributed by atoms with Gasteiger partial charge in [0.2, 0.25) is 0 Å². The Balaban J connectivity index is 1.45. The van der Waals surface area contributed by atoms with Gasteiger partial charge in [-0.2, -0.15) is 0 Å². The summed E-state index contributed by atoms with van der Waals surface area (Å²) in [5.41, 5.74) is -1.31. The van der Waals surface area contributed by atoms with Crippen molar-refractivity contribution in [2.45, 2.75) is 125 Å². The van der Waals surface area contributed by atoms with Crippen LogP contribution in [-0.4, -0.2) is 49.8 Å². The largest absolute Gasteiger partial charge is 0.469 e. The first-order chi connectivity index (χ1) is 20.9. The SMILES string of the molecule is COC(=O)C12CCC(C)(C)CC1C13C=CC4C5(C)CC(OC(C)=O)C(OC(C)=O)C(C)(COC(C)=O)C5CCC4(C)C1(CC2)C3. The highest BCUT2D eigenvalue weighted by Crippen LogP contribution is 2.90. The van der Waals surface area contributed by atoms with E-state index in [1.807, 2.05) is 6.92 Å². The van der Waals surface area contributed by atoms with Crippen LogP contribution in [0.4, 0.5) is 0 Å². The van der Waals surface area contributed by atoms with Crippen LogP contribution < -0.4 is 0 Å². The Labute approximate surface area is 268 Å². The van der Waals surface area contributed by atoms with Gasteiger partial charge in [0.15, 0.2) is 0 Å². The molecule has 45 heavy (non-hydrogen) atoms. The Morgan fingerprint density at radius 3 is 2.09 bits per heavy atom. The average Bonchev–Trinajstić information content (AvgIpc) is 3.65. The third-order valence-electron chi connectivity index (χ3n) is 14.7. The van der Waals surface area contributed by atoms with Crippen LogP contribution in [0, 0.1) is 55.7 Å². The van der Waals surface area contributed by atoms with E-state index in [1.54, 1.807) is 7.11 Å². The molecule has 0 aliphatic heterocycles. The summed E-state index contributed by atoms with van der Waals surface area (Å²) in [6, 6.07) is 0. The standard InChI is InChI=1S/C37H54O8/c1-22(38)43-21-33(7)26-10-12-34(8)27(32(26,6)18-25(44-23(2)39)29(33)45-24(3)40)11-13-36-20-37(34,36)17-16-35(30(41)42-9)15-14-31(4,5)19-28(35)36/h11,13,25-29H,10,12,14-21H2,1-9H3. The first kappa shape index (κ1) is 32.6. The first-order valence-corrected chi connectivity index (χ1v) is 17.1. The molecular formula is C37H54O8. The summed E-state index contributed by atoms with van der Waals surface area (Å²) < 4.78 is 23.2. The number of ether oxygens (including phenoxy) is 4. The fourth-order valence-corrected chi connectivity index (χ4v) is 12.9. The molecule has 250 valence electrons. The van der Waals surface area contributed by atoms with Crippen LogP contribution in [0.15, 0.2) is 12.2 Å². The fraction of sp³-hybridized carbons (Fsp3) is 0.838. The first-order valence-electron chi connectivity index (χ1n) is 17.1. The molecule has 11 atom stereocenters. The maximum atomic E-state index is 13.6. The monoisotopic (exact) mass is 626 g/mol. The number of hydrogen-bond donors (Lipinski definition) is 0. The van der Waals surface area contributed by atoms with E-state index in [4.69, 9.17) is 18.9 Å². The molecule has 11 unspecified atom stereocenters. The summed E-state index contributed by atoms with van der Waals surface area (Å²) in [4.78, 5) is 50.7. The van der Waals surface area contributed by atoms with Gasteiger partial charge in [0.05, 0.1) is 12.5 Å². The Morgan fingerprint density at radius 2 is 1.47 bits per heavy atom. The van der Waals surface area contributed by atoms with Crippen molar-refractivity contribution < 1.29 is 38.1 Å². The van der Waals surface area contributed by atoms with Gasteiger partial charge in [0, 0.05) is 26.2 Å². The minimum Gasteiger partial charge on any atom is -0.469 e. The van der Waals surface area contributed by atoms with E-state index >= 15 is 0 Å². The van der Waals surface area contributed by atoms with Gasteiger partial charge >= 0.3 is 23.9 Å². The zero-order valence-electron chi connectivity index (χ0n) is 28.9. The van der Waals surface area contributed by atoms with E-state index < -0.39 is 35.0 Å². The van der Waals surface area contributed by atoms with Crippen molar-refractivity contribution in [3.05, 3.63) is 12.2 Å². The molecule has 0 aromatic heterocycles. The minimum absolute atomic E-state index is 0.0246. The molecule has 0 radical (unpaired) electrons. The molecule has 0 bridgehead atoms. The number of carbonyl (C=O) groups excluding carboxylic acids is 4. The highest BCUT2D eigenvalue weighted by atomic mass is 16.6. The van der Waals surface area contributed by atoms with E-state index in [0.29, 0.717) is 6.42 Å². The van der Waals surface area contributed by atoms with E-state index in [-0.39, 0.29) is 63.4 Å². The maximum absolute atomic E-state index is 13.6. The molecule has 6 rings (SSSR count). The zero-order valence-corrected chi connectivity index (χ0v) is 28.9. The van der Waals surface area contributed by atoms with E-state index in [0.717, 1.165) is 51.4 Å². The third-order valence-corrected chi connectivity index (χ3v) is 14.7. The molecule has 8 heteroatoms. The van der Waals surface area contributed by atoms with Crippen molar-refractivity contribution in [1.29, 1.82) is 0 Å². The Hall–Kier alpha value is -2.38. The minimum atomic E-state index is -0.755. The molecule has 8 nitrogen and oxygen atoms in total. The smallest absolute Gasteiger partial charge is 0.312 e. The molecular weight excluding hydrogens is 572 g/mol. The molecule has 0 heterocycles. The molecule has 6 aliphatic rings. The molecule has 5 fully saturated rings. The third kappa shape index (κ3) is 4.28. The summed E-state index contributed by atoms with van der Waals surface area (Å²) in [7, 11) is 1.55. The predicted octanol–water partition coefficient (Wildman–Crippen LogP) is 6.59. The second-order valence-corrected chi connectivity index (χ2v) is 17.4. The molecule has 0 aromatic carbocycles. The van der Waals surface area contributed by atoms with Crippen molar-refractivity contribution in [3.63, 3.8) is 0 Å². The molecule has 0 aromatic rings. The van der Waals surface area contributed by atoms with E-state index in [1.165, 1.54) is 20.8 Å². The van der Waals surface area contributed by atoms with Crippen LogP contribution in [0.5, 0.6) is 0 Å². The second kappa shape index (κ2) is 10.1. The molecule has 5 saturated carbocycles. The highest BCUT2D eigenvalue weighted by molar-refractivity contribution is 5.78. The summed E-state index contributed by atoms with van der Waals surface area (Å²) in [5.74, 6) is -0.799. The lowest BCUT2D eigenvalue weighted by Gasteiger charge is -2.69. The lowest BCUT2D eigenvalue weighted by atomic mass is 9.36. The summed E-state index contributed by atoms with van der Waals surface area (Å²) in [6.07, 6.45) is 11.9. The Bertz CT molecular complexity index is 1340. The van der Waals surface area contributed by atoms with Gasteiger partial charge in [-0.15, -0.1) is 0 Å². The summed E-state index contributed by atoms with van der Waals surface area (Å²) in [5, 5.41) is 0. The van der Waals surface area contributed by atoms with Gasteiger partial charge in [0.25, 0.3) is 0 Å². The topological polar surface area (TPSA) is 105 Å². The van der Waals surface area contributed by atoms with Gasteiger partial charge in [-0.25, -0.2) is 0 Å². The molecule has 0 amide bonds. The van der Waals surface area contributed by atoms with E-state index in [2.05, 4.69) is 39.8 Å². The Kier molecular flexibility index (Phi) is 7.28. The van der Waals surface area contributed by atoms with Gasteiger partial charge in [-0.05, 0) is 103 Å².